The molecule has 0 saturated carbocycles. The Labute approximate surface area is 168 Å². The van der Waals surface area contributed by atoms with Crippen LogP contribution in [0.1, 0.15) is 26.4 Å². The van der Waals surface area contributed by atoms with Gasteiger partial charge in [0.25, 0.3) is 15.9 Å². The quantitative estimate of drug-likeness (QED) is 0.474. The first-order chi connectivity index (χ1) is 13.3. The van der Waals surface area contributed by atoms with Crippen molar-refractivity contribution in [1.82, 2.24) is 5.43 Å². The first-order valence-corrected chi connectivity index (χ1v) is 10.8. The molecule has 2 N–H and O–H groups in total. The van der Waals surface area contributed by atoms with E-state index in [0.29, 0.717) is 5.69 Å². The van der Waals surface area contributed by atoms with E-state index in [0.717, 1.165) is 16.0 Å². The van der Waals surface area contributed by atoms with Crippen molar-refractivity contribution in [2.75, 3.05) is 4.72 Å². The van der Waals surface area contributed by atoms with Crippen molar-refractivity contribution in [2.45, 2.75) is 18.7 Å². The highest BCUT2D eigenvalue weighted by Gasteiger charge is 2.17. The van der Waals surface area contributed by atoms with Crippen molar-refractivity contribution in [2.24, 2.45) is 5.10 Å². The van der Waals surface area contributed by atoms with Crippen LogP contribution in [0, 0.1) is 13.8 Å². The van der Waals surface area contributed by atoms with Crippen molar-refractivity contribution >= 4 is 39.2 Å². The Kier molecular flexibility index (Phi) is 5.91. The van der Waals surface area contributed by atoms with Gasteiger partial charge in [-0.25, -0.2) is 13.8 Å². The average molecular weight is 414 g/mol. The molecule has 6 nitrogen and oxygen atoms in total. The second-order valence-electron chi connectivity index (χ2n) is 6.17. The maximum Gasteiger partial charge on any atom is 0.271 e. The van der Waals surface area contributed by atoms with Gasteiger partial charge in [0.2, 0.25) is 0 Å². The number of thiophene rings is 1. The maximum absolute atomic E-state index is 12.7. The first kappa shape index (κ1) is 19.8. The average Bonchev–Trinajstić information content (AvgIpc) is 3.17. The van der Waals surface area contributed by atoms with Gasteiger partial charge >= 0.3 is 0 Å². The minimum atomic E-state index is -3.83. The number of nitrogens with one attached hydrogen (secondary N) is 2. The molecule has 28 heavy (non-hydrogen) atoms. The minimum Gasteiger partial charge on any atom is -0.279 e. The Morgan fingerprint density at radius 2 is 1.89 bits per heavy atom. The molecule has 0 aliphatic heterocycles. The van der Waals surface area contributed by atoms with Gasteiger partial charge in [0.1, 0.15) is 0 Å². The Balaban J connectivity index is 1.76. The topological polar surface area (TPSA) is 87.6 Å². The fourth-order valence-electron chi connectivity index (χ4n) is 2.52. The molecule has 0 radical (unpaired) electrons. The van der Waals surface area contributed by atoms with Gasteiger partial charge in [0, 0.05) is 10.4 Å². The van der Waals surface area contributed by atoms with Crippen LogP contribution < -0.4 is 10.1 Å². The molecule has 0 atom stereocenters. The standard InChI is InChI=1S/C20H19N3O3S2/c1-14-8-9-19(15(2)11-14)23-28(25,26)18-7-3-5-16(12-18)20(24)22-21-13-17-6-4-10-27-17/h3-13,23H,1-2H3,(H,22,24). The van der Waals surface area contributed by atoms with Gasteiger partial charge < -0.3 is 0 Å². The predicted octanol–water partition coefficient (Wildman–Crippen LogP) is 3.93. The molecule has 1 amide bonds. The zero-order valence-corrected chi connectivity index (χ0v) is 17.0. The zero-order valence-electron chi connectivity index (χ0n) is 15.3. The van der Waals surface area contributed by atoms with E-state index in [-0.39, 0.29) is 10.5 Å². The molecule has 3 aromatic rings. The molecule has 2 aromatic carbocycles. The number of hydrogen-bond donors (Lipinski definition) is 2. The van der Waals surface area contributed by atoms with Gasteiger partial charge in [-0.3, -0.25) is 9.52 Å². The Morgan fingerprint density at radius 1 is 1.07 bits per heavy atom. The van der Waals surface area contributed by atoms with Crippen LogP contribution in [0.3, 0.4) is 0 Å². The molecule has 0 fully saturated rings. The van der Waals surface area contributed by atoms with Crippen LogP contribution >= 0.6 is 11.3 Å². The molecule has 0 aliphatic carbocycles. The van der Waals surface area contributed by atoms with Crippen LogP contribution in [-0.4, -0.2) is 20.5 Å². The third-order valence-corrected chi connectivity index (χ3v) is 6.10. The summed E-state index contributed by atoms with van der Waals surface area (Å²) >= 11 is 1.49. The number of carbonyl (C=O) groups is 1. The van der Waals surface area contributed by atoms with Crippen LogP contribution in [0.2, 0.25) is 0 Å². The monoisotopic (exact) mass is 413 g/mol. The smallest absolute Gasteiger partial charge is 0.271 e. The third kappa shape index (κ3) is 4.85. The summed E-state index contributed by atoms with van der Waals surface area (Å²) in [5.74, 6) is -0.489. The largest absolute Gasteiger partial charge is 0.279 e. The Morgan fingerprint density at radius 3 is 2.61 bits per heavy atom. The summed E-state index contributed by atoms with van der Waals surface area (Å²) in [4.78, 5) is 13.2. The number of rotatable bonds is 6. The molecule has 0 bridgehead atoms. The zero-order chi connectivity index (χ0) is 20.1. The number of hydrogen-bond acceptors (Lipinski definition) is 5. The van der Waals surface area contributed by atoms with Crippen LogP contribution in [0.25, 0.3) is 0 Å². The van der Waals surface area contributed by atoms with E-state index in [2.05, 4.69) is 15.2 Å². The van der Waals surface area contributed by atoms with Crippen molar-refractivity contribution in [3.05, 3.63) is 81.5 Å². The summed E-state index contributed by atoms with van der Waals surface area (Å²) in [7, 11) is -3.83. The Bertz CT molecular complexity index is 1120. The molecule has 0 saturated heterocycles. The lowest BCUT2D eigenvalue weighted by molar-refractivity contribution is 0.0955. The van der Waals surface area contributed by atoms with E-state index in [4.69, 9.17) is 0 Å². The predicted molar refractivity (Wildman–Crippen MR) is 113 cm³/mol. The normalized spacial score (nSPS) is 11.5. The van der Waals surface area contributed by atoms with E-state index in [1.165, 1.54) is 41.8 Å². The van der Waals surface area contributed by atoms with E-state index in [1.54, 1.807) is 6.07 Å². The molecule has 1 aromatic heterocycles. The molecule has 0 unspecified atom stereocenters. The number of sulfonamides is 1. The molecule has 3 rings (SSSR count). The van der Waals surface area contributed by atoms with Crippen LogP contribution in [0.4, 0.5) is 5.69 Å². The molecule has 0 aliphatic rings. The van der Waals surface area contributed by atoms with Crippen LogP contribution in [0.15, 0.2) is 70.0 Å². The number of benzene rings is 2. The molecule has 1 heterocycles. The van der Waals surface area contributed by atoms with Gasteiger partial charge in [0.05, 0.1) is 16.8 Å². The van der Waals surface area contributed by atoms with Gasteiger partial charge in [0.15, 0.2) is 0 Å². The Hall–Kier alpha value is -2.97. The van der Waals surface area contributed by atoms with Crippen molar-refractivity contribution < 1.29 is 13.2 Å². The van der Waals surface area contributed by atoms with Gasteiger partial charge in [-0.15, -0.1) is 11.3 Å². The lowest BCUT2D eigenvalue weighted by Gasteiger charge is -2.12. The van der Waals surface area contributed by atoms with E-state index in [9.17, 15) is 13.2 Å². The number of amides is 1. The summed E-state index contributed by atoms with van der Waals surface area (Å²) in [6, 6.07) is 15.0. The fourth-order valence-corrected chi connectivity index (χ4v) is 4.28. The van der Waals surface area contributed by atoms with Crippen molar-refractivity contribution in [1.29, 1.82) is 0 Å². The number of aryl methyl sites for hydroxylation is 2. The van der Waals surface area contributed by atoms with E-state index >= 15 is 0 Å². The number of nitrogens with zero attached hydrogens (tertiary/aromatic N) is 1. The molecule has 0 spiro atoms. The SMILES string of the molecule is Cc1ccc(NS(=O)(=O)c2cccc(C(=O)NN=Cc3cccs3)c2)c(C)c1. The van der Waals surface area contributed by atoms with Gasteiger partial charge in [-0.1, -0.05) is 29.8 Å². The maximum atomic E-state index is 12.7. The highest BCUT2D eigenvalue weighted by Crippen LogP contribution is 2.21. The summed E-state index contributed by atoms with van der Waals surface area (Å²) in [5, 5.41) is 5.79. The van der Waals surface area contributed by atoms with E-state index < -0.39 is 15.9 Å². The summed E-state index contributed by atoms with van der Waals surface area (Å²) < 4.78 is 28.0. The highest BCUT2D eigenvalue weighted by atomic mass is 32.2. The third-order valence-electron chi connectivity index (χ3n) is 3.93. The van der Waals surface area contributed by atoms with Crippen molar-refractivity contribution in [3.8, 4) is 0 Å². The summed E-state index contributed by atoms with van der Waals surface area (Å²) in [6.45, 7) is 3.77. The molecular formula is C20H19N3O3S2. The van der Waals surface area contributed by atoms with Gasteiger partial charge in [-0.2, -0.15) is 5.10 Å². The first-order valence-electron chi connectivity index (χ1n) is 8.42. The number of carbonyl (C=O) groups excluding carboxylic acids is 1. The van der Waals surface area contributed by atoms with Crippen LogP contribution in [-0.2, 0) is 10.0 Å². The van der Waals surface area contributed by atoms with Crippen LogP contribution in [0.5, 0.6) is 0 Å². The lowest BCUT2D eigenvalue weighted by Crippen LogP contribution is -2.19. The number of anilines is 1. The van der Waals surface area contributed by atoms with Gasteiger partial charge in [-0.05, 0) is 55.1 Å². The van der Waals surface area contributed by atoms with E-state index in [1.807, 2.05) is 43.5 Å². The second-order valence-corrected chi connectivity index (χ2v) is 8.83. The van der Waals surface area contributed by atoms with Crippen molar-refractivity contribution in [3.63, 3.8) is 0 Å². The lowest BCUT2D eigenvalue weighted by atomic mass is 10.1. The summed E-state index contributed by atoms with van der Waals surface area (Å²) in [5.41, 5.74) is 4.97. The molecular weight excluding hydrogens is 394 g/mol. The number of hydrazone groups is 1. The fraction of sp³-hybridized carbons (Fsp3) is 0.100. The minimum absolute atomic E-state index is 0.00219. The summed E-state index contributed by atoms with van der Waals surface area (Å²) in [6.07, 6.45) is 1.53. The second kappa shape index (κ2) is 8.37. The molecule has 8 heteroatoms. The highest BCUT2D eigenvalue weighted by molar-refractivity contribution is 7.92. The molecule has 144 valence electrons.